The minimum Gasteiger partial charge on any atom is -0.204 e. The fourth-order valence-electron chi connectivity index (χ4n) is 4.93. The highest BCUT2D eigenvalue weighted by atomic mass is 19.2. The van der Waals surface area contributed by atoms with Crippen molar-refractivity contribution in [2.75, 3.05) is 0 Å². The summed E-state index contributed by atoms with van der Waals surface area (Å²) in [6.07, 6.45) is 13.1. The third-order valence-electron chi connectivity index (χ3n) is 6.56. The van der Waals surface area contributed by atoms with Gasteiger partial charge in [-0.1, -0.05) is 56.7 Å². The van der Waals surface area contributed by atoms with Crippen LogP contribution in [0.1, 0.15) is 62.5 Å². The second kappa shape index (κ2) is 8.08. The van der Waals surface area contributed by atoms with Crippen molar-refractivity contribution >= 4 is 0 Å². The topological polar surface area (TPSA) is 0 Å². The first-order chi connectivity index (χ1) is 13.1. The first-order valence-corrected chi connectivity index (χ1v) is 10.4. The van der Waals surface area contributed by atoms with Gasteiger partial charge >= 0.3 is 0 Å². The summed E-state index contributed by atoms with van der Waals surface area (Å²) >= 11 is 0. The van der Waals surface area contributed by atoms with Crippen LogP contribution in [-0.2, 0) is 12.8 Å². The quantitative estimate of drug-likeness (QED) is 0.496. The molecule has 4 rings (SSSR count). The molecule has 0 spiro atoms. The zero-order valence-corrected chi connectivity index (χ0v) is 15.7. The molecule has 0 N–H and O–H groups in total. The van der Waals surface area contributed by atoms with E-state index in [1.165, 1.54) is 62.5 Å². The molecule has 0 saturated heterocycles. The molecule has 2 aromatic rings. The maximum atomic E-state index is 13.5. The number of hydrogen-bond acceptors (Lipinski definition) is 0. The summed E-state index contributed by atoms with van der Waals surface area (Å²) in [5.41, 5.74) is 3.79. The van der Waals surface area contributed by atoms with E-state index in [4.69, 9.17) is 0 Å². The monoisotopic (exact) mass is 372 g/mol. The second-order valence-electron chi connectivity index (χ2n) is 8.43. The molecule has 0 nitrogen and oxygen atoms in total. The summed E-state index contributed by atoms with van der Waals surface area (Å²) in [5.74, 6) is -1.98. The largest absolute Gasteiger partial charge is 0.204 e. The van der Waals surface area contributed by atoms with E-state index in [1.54, 1.807) is 0 Å². The Morgan fingerprint density at radius 1 is 0.704 bits per heavy atom. The molecule has 0 bridgehead atoms. The molecule has 0 heterocycles. The van der Waals surface area contributed by atoms with Gasteiger partial charge in [0.05, 0.1) is 0 Å². The second-order valence-corrected chi connectivity index (χ2v) is 8.43. The maximum Gasteiger partial charge on any atom is 0.194 e. The Kier molecular flexibility index (Phi) is 5.56. The molecule has 27 heavy (non-hydrogen) atoms. The van der Waals surface area contributed by atoms with Crippen LogP contribution in [0.25, 0.3) is 11.1 Å². The number of benzene rings is 2. The van der Waals surface area contributed by atoms with Gasteiger partial charge < -0.3 is 0 Å². The van der Waals surface area contributed by atoms with Gasteiger partial charge in [0.25, 0.3) is 0 Å². The Bertz CT molecular complexity index is 782. The average Bonchev–Trinajstić information content (AvgIpc) is 2.70. The number of rotatable bonds is 4. The van der Waals surface area contributed by atoms with E-state index in [9.17, 15) is 13.2 Å². The van der Waals surface area contributed by atoms with Crippen LogP contribution in [0, 0.1) is 29.3 Å². The van der Waals surface area contributed by atoms with Crippen LogP contribution < -0.4 is 0 Å². The van der Waals surface area contributed by atoms with Crippen molar-refractivity contribution in [3.8, 4) is 11.1 Å². The van der Waals surface area contributed by atoms with Gasteiger partial charge in [0.2, 0.25) is 0 Å². The molecule has 1 unspecified atom stereocenters. The van der Waals surface area contributed by atoms with E-state index >= 15 is 0 Å². The van der Waals surface area contributed by atoms with Gasteiger partial charge in [-0.2, -0.15) is 0 Å². The minimum atomic E-state index is -1.41. The molecule has 1 atom stereocenters. The van der Waals surface area contributed by atoms with Crippen LogP contribution in [0.4, 0.5) is 13.2 Å². The van der Waals surface area contributed by atoms with Gasteiger partial charge in [0, 0.05) is 0 Å². The van der Waals surface area contributed by atoms with E-state index in [2.05, 4.69) is 6.07 Å². The van der Waals surface area contributed by atoms with Crippen LogP contribution in [-0.4, -0.2) is 0 Å². The van der Waals surface area contributed by atoms with Crippen LogP contribution in [0.15, 0.2) is 30.3 Å². The third kappa shape index (κ3) is 4.23. The van der Waals surface area contributed by atoms with Gasteiger partial charge in [-0.05, 0) is 71.9 Å². The highest BCUT2D eigenvalue weighted by Gasteiger charge is 2.22. The smallest absolute Gasteiger partial charge is 0.194 e. The van der Waals surface area contributed by atoms with Gasteiger partial charge in [-0.3, -0.25) is 0 Å². The fourth-order valence-corrected chi connectivity index (χ4v) is 4.93. The predicted molar refractivity (Wildman–Crippen MR) is 103 cm³/mol. The summed E-state index contributed by atoms with van der Waals surface area (Å²) in [6, 6.07) is 8.19. The van der Waals surface area contributed by atoms with E-state index in [0.29, 0.717) is 5.56 Å². The first kappa shape index (κ1) is 18.6. The summed E-state index contributed by atoms with van der Waals surface area (Å²) < 4.78 is 40.3. The van der Waals surface area contributed by atoms with Crippen molar-refractivity contribution in [3.05, 3.63) is 58.9 Å². The molecule has 144 valence electrons. The molecular weight excluding hydrogens is 345 g/mol. The summed E-state index contributed by atoms with van der Waals surface area (Å²) in [4.78, 5) is 0. The average molecular weight is 372 g/mol. The van der Waals surface area contributed by atoms with Crippen LogP contribution in [0.5, 0.6) is 0 Å². The molecule has 2 aliphatic carbocycles. The Hall–Kier alpha value is -1.77. The molecular formula is C24H27F3. The molecule has 1 fully saturated rings. The summed E-state index contributed by atoms with van der Waals surface area (Å²) in [7, 11) is 0. The van der Waals surface area contributed by atoms with Crippen molar-refractivity contribution < 1.29 is 13.2 Å². The molecule has 0 radical (unpaired) electrons. The Morgan fingerprint density at radius 2 is 1.41 bits per heavy atom. The minimum absolute atomic E-state index is 0.397. The Morgan fingerprint density at radius 3 is 2.15 bits per heavy atom. The third-order valence-corrected chi connectivity index (χ3v) is 6.56. The number of aryl methyl sites for hydroxylation is 1. The van der Waals surface area contributed by atoms with Crippen molar-refractivity contribution in [2.45, 2.75) is 64.2 Å². The van der Waals surface area contributed by atoms with Gasteiger partial charge in [-0.25, -0.2) is 13.2 Å². The molecule has 0 aliphatic heterocycles. The Balaban J connectivity index is 1.43. The van der Waals surface area contributed by atoms with E-state index in [-0.39, 0.29) is 0 Å². The lowest BCUT2D eigenvalue weighted by atomic mass is 9.78. The van der Waals surface area contributed by atoms with Gasteiger partial charge in [0.1, 0.15) is 0 Å². The van der Waals surface area contributed by atoms with Crippen molar-refractivity contribution in [1.29, 1.82) is 0 Å². The highest BCUT2D eigenvalue weighted by molar-refractivity contribution is 5.65. The highest BCUT2D eigenvalue weighted by Crippen LogP contribution is 2.35. The SMILES string of the molecule is Fc1cc(-c2ccc3c(c2)CCC(CCC2CCCCC2)C3)cc(F)c1F. The zero-order valence-electron chi connectivity index (χ0n) is 15.7. The normalized spacial score (nSPS) is 20.5. The lowest BCUT2D eigenvalue weighted by Crippen LogP contribution is -2.16. The predicted octanol–water partition coefficient (Wildman–Crippen LogP) is 7.24. The number of halogens is 3. The summed E-state index contributed by atoms with van der Waals surface area (Å²) in [6.45, 7) is 0. The van der Waals surface area contributed by atoms with E-state index in [1.807, 2.05) is 12.1 Å². The lowest BCUT2D eigenvalue weighted by molar-refractivity contribution is 0.297. The zero-order chi connectivity index (χ0) is 18.8. The van der Waals surface area contributed by atoms with E-state index < -0.39 is 17.5 Å². The van der Waals surface area contributed by atoms with Crippen LogP contribution in [0.2, 0.25) is 0 Å². The number of hydrogen-bond donors (Lipinski definition) is 0. The Labute approximate surface area is 159 Å². The molecule has 0 aromatic heterocycles. The standard InChI is InChI=1S/C24H27F3/c25-22-14-21(15-23(26)24(22)27)20-11-10-18-12-17(8-9-19(18)13-20)7-6-16-4-2-1-3-5-16/h10-11,13-17H,1-9,12H2. The molecule has 2 aliphatic rings. The van der Waals surface area contributed by atoms with Crippen LogP contribution in [0.3, 0.4) is 0 Å². The van der Waals surface area contributed by atoms with Crippen molar-refractivity contribution in [1.82, 2.24) is 0 Å². The molecule has 1 saturated carbocycles. The van der Waals surface area contributed by atoms with Crippen LogP contribution >= 0.6 is 0 Å². The maximum absolute atomic E-state index is 13.5. The van der Waals surface area contributed by atoms with E-state index in [0.717, 1.165) is 42.4 Å². The van der Waals surface area contributed by atoms with Crippen molar-refractivity contribution in [2.24, 2.45) is 11.8 Å². The summed E-state index contributed by atoms with van der Waals surface area (Å²) in [5, 5.41) is 0. The first-order valence-electron chi connectivity index (χ1n) is 10.4. The molecule has 2 aromatic carbocycles. The van der Waals surface area contributed by atoms with Gasteiger partial charge in [0.15, 0.2) is 17.5 Å². The fraction of sp³-hybridized carbons (Fsp3) is 0.500. The van der Waals surface area contributed by atoms with Crippen molar-refractivity contribution in [3.63, 3.8) is 0 Å². The molecule has 0 amide bonds. The van der Waals surface area contributed by atoms with Gasteiger partial charge in [-0.15, -0.1) is 0 Å². The molecule has 3 heteroatoms. The lowest BCUT2D eigenvalue weighted by Gasteiger charge is -2.28. The number of fused-ring (bicyclic) bond motifs is 1.